The normalized spacial score (nSPS) is 14.0. The van der Waals surface area contributed by atoms with Crippen molar-refractivity contribution in [2.24, 2.45) is 4.40 Å². The highest BCUT2D eigenvalue weighted by Gasteiger charge is 2.32. The average molecular weight is 404 g/mol. The third kappa shape index (κ3) is 3.44. The highest BCUT2D eigenvalue weighted by atomic mass is 32.2. The van der Waals surface area contributed by atoms with Crippen LogP contribution in [0.4, 0.5) is 0 Å². The summed E-state index contributed by atoms with van der Waals surface area (Å²) in [5, 5.41) is 12.0. The minimum atomic E-state index is -3.85. The van der Waals surface area contributed by atoms with Gasteiger partial charge in [0.1, 0.15) is 4.90 Å². The number of rotatable bonds is 3. The van der Waals surface area contributed by atoms with Crippen LogP contribution in [-0.4, -0.2) is 31.7 Å². The third-order valence-electron chi connectivity index (χ3n) is 4.59. The van der Waals surface area contributed by atoms with E-state index < -0.39 is 15.9 Å². The summed E-state index contributed by atoms with van der Waals surface area (Å²) in [7, 11) is -3.85. The number of hydrogen-bond acceptors (Lipinski definition) is 5. The van der Waals surface area contributed by atoms with Crippen LogP contribution in [0.25, 0.3) is 10.8 Å². The zero-order valence-corrected chi connectivity index (χ0v) is 16.1. The molecule has 0 fully saturated rings. The minimum absolute atomic E-state index is 0.0800. The first-order valence-electron chi connectivity index (χ1n) is 8.89. The van der Waals surface area contributed by atoms with E-state index in [-0.39, 0.29) is 23.7 Å². The van der Waals surface area contributed by atoms with Crippen molar-refractivity contribution in [2.45, 2.75) is 11.3 Å². The van der Waals surface area contributed by atoms with E-state index in [0.717, 1.165) is 10.8 Å². The lowest BCUT2D eigenvalue weighted by Crippen LogP contribution is -2.46. The van der Waals surface area contributed by atoms with Crippen LogP contribution in [-0.2, 0) is 10.0 Å². The van der Waals surface area contributed by atoms with E-state index in [9.17, 15) is 13.2 Å². The van der Waals surface area contributed by atoms with Crippen LogP contribution in [0.2, 0.25) is 0 Å². The van der Waals surface area contributed by atoms with Gasteiger partial charge in [-0.1, -0.05) is 48.5 Å². The molecule has 144 valence electrons. The monoisotopic (exact) mass is 404 g/mol. The van der Waals surface area contributed by atoms with E-state index in [2.05, 4.69) is 9.82 Å². The van der Waals surface area contributed by atoms with Gasteiger partial charge in [-0.3, -0.25) is 15.2 Å². The Morgan fingerprint density at radius 2 is 1.76 bits per heavy atom. The molecule has 0 saturated heterocycles. The van der Waals surface area contributed by atoms with Crippen molar-refractivity contribution in [1.29, 1.82) is 5.26 Å². The minimum Gasteiger partial charge on any atom is -0.267 e. The number of hydrogen-bond donors (Lipinski definition) is 1. The molecule has 0 atom stereocenters. The van der Waals surface area contributed by atoms with Crippen LogP contribution in [0, 0.1) is 11.3 Å². The maximum atomic E-state index is 13.0. The molecule has 4 rings (SSSR count). The van der Waals surface area contributed by atoms with Crippen molar-refractivity contribution in [3.8, 4) is 6.07 Å². The number of carbonyl (C=O) groups is 1. The van der Waals surface area contributed by atoms with Crippen LogP contribution in [0.1, 0.15) is 22.3 Å². The molecule has 1 aliphatic rings. The lowest BCUT2D eigenvalue weighted by molar-refractivity contribution is 0.0874. The first kappa shape index (κ1) is 18.7. The fourth-order valence-electron chi connectivity index (χ4n) is 3.27. The van der Waals surface area contributed by atoms with Gasteiger partial charge < -0.3 is 0 Å². The summed E-state index contributed by atoms with van der Waals surface area (Å²) < 4.78 is 28.6. The van der Waals surface area contributed by atoms with E-state index in [1.54, 1.807) is 30.3 Å². The summed E-state index contributed by atoms with van der Waals surface area (Å²) in [6.07, 6.45) is 0.0804. The summed E-state index contributed by atoms with van der Waals surface area (Å²) >= 11 is 0. The Morgan fingerprint density at radius 1 is 1.03 bits per heavy atom. The summed E-state index contributed by atoms with van der Waals surface area (Å²) in [6.45, 7) is 0.0930. The molecule has 29 heavy (non-hydrogen) atoms. The van der Waals surface area contributed by atoms with Crippen molar-refractivity contribution < 1.29 is 13.2 Å². The van der Waals surface area contributed by atoms with Gasteiger partial charge >= 0.3 is 0 Å². The number of amidine groups is 1. The van der Waals surface area contributed by atoms with Crippen LogP contribution < -0.4 is 5.43 Å². The van der Waals surface area contributed by atoms with Crippen LogP contribution in [0.5, 0.6) is 0 Å². The summed E-state index contributed by atoms with van der Waals surface area (Å²) in [4.78, 5) is 13.1. The van der Waals surface area contributed by atoms with Gasteiger partial charge in [0.25, 0.3) is 15.9 Å². The summed E-state index contributed by atoms with van der Waals surface area (Å²) in [5.41, 5.74) is 3.57. The SMILES string of the molecule is N#CCCN(NC(=O)c1cccc2ccccc12)C1=NS(=O)(=O)c2ccccc21. The summed E-state index contributed by atoms with van der Waals surface area (Å²) in [6, 6.07) is 21.3. The third-order valence-corrected chi connectivity index (χ3v) is 5.91. The molecule has 0 aromatic heterocycles. The highest BCUT2D eigenvalue weighted by Crippen LogP contribution is 2.27. The van der Waals surface area contributed by atoms with Gasteiger partial charge in [0, 0.05) is 11.1 Å². The van der Waals surface area contributed by atoms with Gasteiger partial charge in [0.15, 0.2) is 5.84 Å². The Morgan fingerprint density at radius 3 is 2.59 bits per heavy atom. The molecule has 7 nitrogen and oxygen atoms in total. The van der Waals surface area contributed by atoms with E-state index in [1.807, 2.05) is 36.4 Å². The molecular weight excluding hydrogens is 388 g/mol. The Bertz CT molecular complexity index is 1290. The number of hydrazine groups is 1. The van der Waals surface area contributed by atoms with Crippen molar-refractivity contribution in [1.82, 2.24) is 10.4 Å². The van der Waals surface area contributed by atoms with Gasteiger partial charge in [-0.2, -0.15) is 13.7 Å². The zero-order valence-electron chi connectivity index (χ0n) is 15.2. The molecule has 0 aliphatic carbocycles. The second-order valence-electron chi connectivity index (χ2n) is 6.41. The molecule has 0 radical (unpaired) electrons. The number of nitrogens with one attached hydrogen (secondary N) is 1. The maximum Gasteiger partial charge on any atom is 0.285 e. The second-order valence-corrected chi connectivity index (χ2v) is 7.99. The Labute approximate surface area is 167 Å². The molecule has 1 heterocycles. The van der Waals surface area contributed by atoms with Gasteiger partial charge in [0.05, 0.1) is 19.0 Å². The molecule has 0 bridgehead atoms. The lowest BCUT2D eigenvalue weighted by atomic mass is 10.0. The van der Waals surface area contributed by atoms with Crippen LogP contribution in [0.3, 0.4) is 0 Å². The number of amides is 1. The first-order chi connectivity index (χ1) is 14.0. The number of nitrogens with zero attached hydrogens (tertiary/aromatic N) is 3. The number of fused-ring (bicyclic) bond motifs is 2. The van der Waals surface area contributed by atoms with E-state index in [0.29, 0.717) is 11.1 Å². The fourth-order valence-corrected chi connectivity index (χ4v) is 4.48. The molecule has 3 aromatic carbocycles. The van der Waals surface area contributed by atoms with Crippen molar-refractivity contribution in [2.75, 3.05) is 6.54 Å². The van der Waals surface area contributed by atoms with E-state index in [4.69, 9.17) is 5.26 Å². The quantitative estimate of drug-likeness (QED) is 0.676. The van der Waals surface area contributed by atoms with Crippen molar-refractivity contribution in [3.63, 3.8) is 0 Å². The molecular formula is C21H16N4O3S. The van der Waals surface area contributed by atoms with Gasteiger partial charge in [0.2, 0.25) is 0 Å². The number of nitriles is 1. The summed E-state index contributed by atoms with van der Waals surface area (Å²) in [5.74, 6) is -0.311. The Kier molecular flexibility index (Phi) is 4.74. The molecule has 8 heteroatoms. The smallest absolute Gasteiger partial charge is 0.267 e. The maximum absolute atomic E-state index is 13.0. The lowest BCUT2D eigenvalue weighted by Gasteiger charge is -2.24. The van der Waals surface area contributed by atoms with Gasteiger partial charge in [-0.15, -0.1) is 4.40 Å². The Hall–Kier alpha value is -3.70. The molecule has 0 spiro atoms. The fraction of sp³-hybridized carbons (Fsp3) is 0.0952. The van der Waals surface area contributed by atoms with Crippen molar-refractivity contribution in [3.05, 3.63) is 77.9 Å². The standard InChI is InChI=1S/C21H16N4O3S/c22-13-6-14-25(20-18-10-3-4-12-19(18)29(27,28)24-20)23-21(26)17-11-5-8-15-7-1-2-9-16(15)17/h1-5,7-12H,6,14H2,(H,23,26). The van der Waals surface area contributed by atoms with Crippen LogP contribution >= 0.6 is 0 Å². The first-order valence-corrected chi connectivity index (χ1v) is 10.3. The number of carbonyl (C=O) groups excluding carboxylic acids is 1. The number of sulfonamides is 1. The Balaban J connectivity index is 1.72. The number of benzene rings is 3. The molecule has 0 unspecified atom stereocenters. The zero-order chi connectivity index (χ0) is 20.4. The van der Waals surface area contributed by atoms with Crippen LogP contribution in [0.15, 0.2) is 76.0 Å². The molecule has 0 saturated carbocycles. The molecule has 1 N–H and O–H groups in total. The van der Waals surface area contributed by atoms with Gasteiger partial charge in [-0.25, -0.2) is 0 Å². The largest absolute Gasteiger partial charge is 0.285 e. The van der Waals surface area contributed by atoms with E-state index >= 15 is 0 Å². The average Bonchev–Trinajstić information content (AvgIpc) is 3.01. The molecule has 1 aliphatic heterocycles. The predicted octanol–water partition coefficient (Wildman–Crippen LogP) is 2.85. The second kappa shape index (κ2) is 7.37. The topological polar surface area (TPSA) is 103 Å². The van der Waals surface area contributed by atoms with E-state index in [1.165, 1.54) is 11.1 Å². The molecule has 1 amide bonds. The van der Waals surface area contributed by atoms with Crippen molar-refractivity contribution >= 4 is 32.5 Å². The highest BCUT2D eigenvalue weighted by molar-refractivity contribution is 7.90. The predicted molar refractivity (Wildman–Crippen MR) is 109 cm³/mol. The molecule has 3 aromatic rings. The van der Waals surface area contributed by atoms with Gasteiger partial charge in [-0.05, 0) is 29.0 Å².